The van der Waals surface area contributed by atoms with Crippen LogP contribution in [0.5, 0.6) is 5.75 Å². The Balaban J connectivity index is 2.62. The van der Waals surface area contributed by atoms with Crippen LogP contribution in [-0.4, -0.2) is 29.3 Å². The van der Waals surface area contributed by atoms with E-state index in [9.17, 15) is 9.90 Å². The summed E-state index contributed by atoms with van der Waals surface area (Å²) in [7, 11) is 0. The molecular weight excluding hydrogens is 194 g/mol. The molecule has 0 unspecified atom stereocenters. The van der Waals surface area contributed by atoms with Crippen molar-refractivity contribution >= 4 is 5.91 Å². The van der Waals surface area contributed by atoms with Gasteiger partial charge in [-0.15, -0.1) is 0 Å². The second-order valence-corrected chi connectivity index (χ2v) is 3.33. The van der Waals surface area contributed by atoms with E-state index in [4.69, 9.17) is 5.11 Å². The maximum Gasteiger partial charge on any atom is 0.251 e. The number of benzene rings is 1. The van der Waals surface area contributed by atoms with Crippen molar-refractivity contribution in [1.29, 1.82) is 0 Å². The number of aromatic hydroxyl groups is 1. The van der Waals surface area contributed by atoms with Gasteiger partial charge in [-0.1, -0.05) is 0 Å². The van der Waals surface area contributed by atoms with Crippen LogP contribution in [0.15, 0.2) is 18.2 Å². The Hall–Kier alpha value is -1.55. The molecule has 0 aliphatic rings. The highest BCUT2D eigenvalue weighted by atomic mass is 16.3. The van der Waals surface area contributed by atoms with Gasteiger partial charge in [0.05, 0.1) is 0 Å². The average Bonchev–Trinajstić information content (AvgIpc) is 2.22. The van der Waals surface area contributed by atoms with E-state index in [-0.39, 0.29) is 18.3 Å². The zero-order chi connectivity index (χ0) is 11.3. The fraction of sp³-hybridized carbons (Fsp3) is 0.364. The Kier molecular flexibility index (Phi) is 4.12. The molecule has 0 saturated carbocycles. The molecule has 15 heavy (non-hydrogen) atoms. The summed E-state index contributed by atoms with van der Waals surface area (Å²) in [4.78, 5) is 11.5. The molecule has 1 aromatic carbocycles. The first-order valence-electron chi connectivity index (χ1n) is 4.84. The number of rotatable bonds is 4. The van der Waals surface area contributed by atoms with E-state index in [0.29, 0.717) is 24.1 Å². The molecule has 4 heteroatoms. The molecule has 1 aromatic rings. The summed E-state index contributed by atoms with van der Waals surface area (Å²) in [6.07, 6.45) is 0.544. The lowest BCUT2D eigenvalue weighted by atomic mass is 10.1. The van der Waals surface area contributed by atoms with Crippen LogP contribution in [0.4, 0.5) is 0 Å². The fourth-order valence-electron chi connectivity index (χ4n) is 1.18. The van der Waals surface area contributed by atoms with Crippen molar-refractivity contribution in [2.75, 3.05) is 13.2 Å². The van der Waals surface area contributed by atoms with Crippen LogP contribution in [-0.2, 0) is 0 Å². The number of amides is 1. The van der Waals surface area contributed by atoms with Crippen molar-refractivity contribution in [3.8, 4) is 5.75 Å². The molecule has 0 heterocycles. The number of nitrogens with one attached hydrogen (secondary N) is 1. The highest BCUT2D eigenvalue weighted by molar-refractivity contribution is 5.94. The lowest BCUT2D eigenvalue weighted by Gasteiger charge is -2.05. The summed E-state index contributed by atoms with van der Waals surface area (Å²) >= 11 is 0. The Labute approximate surface area is 88.6 Å². The van der Waals surface area contributed by atoms with Crippen LogP contribution in [0.25, 0.3) is 0 Å². The Morgan fingerprint density at radius 1 is 1.47 bits per heavy atom. The first-order valence-corrected chi connectivity index (χ1v) is 4.84. The number of carbonyl (C=O) groups excluding carboxylic acids is 1. The first kappa shape index (κ1) is 11.5. The summed E-state index contributed by atoms with van der Waals surface area (Å²) in [6.45, 7) is 2.25. The van der Waals surface area contributed by atoms with Crippen LogP contribution in [0.1, 0.15) is 22.3 Å². The van der Waals surface area contributed by atoms with Gasteiger partial charge in [0.2, 0.25) is 0 Å². The fourth-order valence-corrected chi connectivity index (χ4v) is 1.18. The largest absolute Gasteiger partial charge is 0.508 e. The van der Waals surface area contributed by atoms with Crippen molar-refractivity contribution in [2.45, 2.75) is 13.3 Å². The maximum atomic E-state index is 11.5. The lowest BCUT2D eigenvalue weighted by molar-refractivity contribution is 0.0951. The number of aliphatic hydroxyl groups excluding tert-OH is 1. The van der Waals surface area contributed by atoms with Crippen molar-refractivity contribution in [3.63, 3.8) is 0 Å². The van der Waals surface area contributed by atoms with Crippen LogP contribution < -0.4 is 5.32 Å². The number of phenolic OH excluding ortho intramolecular Hbond substituents is 1. The van der Waals surface area contributed by atoms with Crippen molar-refractivity contribution in [1.82, 2.24) is 5.32 Å². The second-order valence-electron chi connectivity index (χ2n) is 3.33. The van der Waals surface area contributed by atoms with Crippen molar-refractivity contribution in [3.05, 3.63) is 29.3 Å². The van der Waals surface area contributed by atoms with E-state index in [1.165, 1.54) is 6.07 Å². The minimum atomic E-state index is -0.188. The number of hydrogen-bond acceptors (Lipinski definition) is 3. The third kappa shape index (κ3) is 3.25. The minimum Gasteiger partial charge on any atom is -0.508 e. The molecule has 0 atom stereocenters. The van der Waals surface area contributed by atoms with E-state index in [2.05, 4.69) is 5.32 Å². The predicted octanol–water partition coefficient (Wildman–Crippen LogP) is 0.813. The summed E-state index contributed by atoms with van der Waals surface area (Å²) in [5, 5.41) is 20.5. The molecule has 0 radical (unpaired) electrons. The summed E-state index contributed by atoms with van der Waals surface area (Å²) in [5.74, 6) is -0.00606. The molecule has 0 aromatic heterocycles. The van der Waals surface area contributed by atoms with Crippen LogP contribution in [0.3, 0.4) is 0 Å². The smallest absolute Gasteiger partial charge is 0.251 e. The molecule has 4 nitrogen and oxygen atoms in total. The summed E-state index contributed by atoms with van der Waals surface area (Å²) < 4.78 is 0. The number of aryl methyl sites for hydroxylation is 1. The molecule has 0 saturated heterocycles. The van der Waals surface area contributed by atoms with Gasteiger partial charge in [-0.25, -0.2) is 0 Å². The standard InChI is InChI=1S/C11H15NO3/c1-8-7-9(3-4-10(8)14)11(15)12-5-2-6-13/h3-4,7,13-14H,2,5-6H2,1H3,(H,12,15). The number of carbonyl (C=O) groups is 1. The van der Waals surface area contributed by atoms with E-state index >= 15 is 0 Å². The molecule has 3 N–H and O–H groups in total. The highest BCUT2D eigenvalue weighted by Gasteiger charge is 2.06. The van der Waals surface area contributed by atoms with Gasteiger partial charge < -0.3 is 15.5 Å². The summed E-state index contributed by atoms with van der Waals surface area (Å²) in [6, 6.07) is 4.69. The summed E-state index contributed by atoms with van der Waals surface area (Å²) in [5.41, 5.74) is 1.19. The zero-order valence-electron chi connectivity index (χ0n) is 8.66. The number of aliphatic hydroxyl groups is 1. The van der Waals surface area contributed by atoms with E-state index in [1.54, 1.807) is 19.1 Å². The van der Waals surface area contributed by atoms with Gasteiger partial charge >= 0.3 is 0 Å². The van der Waals surface area contributed by atoms with Gasteiger partial charge in [-0.2, -0.15) is 0 Å². The van der Waals surface area contributed by atoms with Crippen LogP contribution >= 0.6 is 0 Å². The molecule has 0 bridgehead atoms. The quantitative estimate of drug-likeness (QED) is 0.643. The van der Waals surface area contributed by atoms with E-state index < -0.39 is 0 Å². The topological polar surface area (TPSA) is 69.6 Å². The van der Waals surface area contributed by atoms with Gasteiger partial charge in [0.15, 0.2) is 0 Å². The second kappa shape index (κ2) is 5.36. The Bertz CT molecular complexity index is 350. The zero-order valence-corrected chi connectivity index (χ0v) is 8.66. The predicted molar refractivity (Wildman–Crippen MR) is 56.9 cm³/mol. The van der Waals surface area contributed by atoms with Gasteiger partial charge in [0, 0.05) is 18.7 Å². The third-order valence-corrected chi connectivity index (χ3v) is 2.08. The molecule has 0 spiro atoms. The van der Waals surface area contributed by atoms with Gasteiger partial charge in [0.25, 0.3) is 5.91 Å². The van der Waals surface area contributed by atoms with Gasteiger partial charge in [-0.05, 0) is 37.1 Å². The minimum absolute atomic E-state index is 0.0644. The van der Waals surface area contributed by atoms with E-state index in [0.717, 1.165) is 0 Å². The monoisotopic (exact) mass is 209 g/mol. The van der Waals surface area contributed by atoms with Crippen LogP contribution in [0.2, 0.25) is 0 Å². The molecule has 1 amide bonds. The molecule has 82 valence electrons. The van der Waals surface area contributed by atoms with Crippen molar-refractivity contribution < 1.29 is 15.0 Å². The molecule has 0 fully saturated rings. The normalized spacial score (nSPS) is 10.0. The van der Waals surface area contributed by atoms with E-state index in [1.807, 2.05) is 0 Å². The SMILES string of the molecule is Cc1cc(C(=O)NCCCO)ccc1O. The Morgan fingerprint density at radius 3 is 2.80 bits per heavy atom. The van der Waals surface area contributed by atoms with Gasteiger partial charge in [0.1, 0.15) is 5.75 Å². The molecule has 0 aliphatic carbocycles. The van der Waals surface area contributed by atoms with Crippen molar-refractivity contribution in [2.24, 2.45) is 0 Å². The molecule has 1 rings (SSSR count). The van der Waals surface area contributed by atoms with Gasteiger partial charge in [-0.3, -0.25) is 4.79 Å². The maximum absolute atomic E-state index is 11.5. The molecule has 0 aliphatic heterocycles. The number of phenols is 1. The Morgan fingerprint density at radius 2 is 2.20 bits per heavy atom. The average molecular weight is 209 g/mol. The first-order chi connectivity index (χ1) is 7.15. The number of hydrogen-bond donors (Lipinski definition) is 3. The van der Waals surface area contributed by atoms with Crippen LogP contribution in [0, 0.1) is 6.92 Å². The third-order valence-electron chi connectivity index (χ3n) is 2.08. The molecular formula is C11H15NO3. The highest BCUT2D eigenvalue weighted by Crippen LogP contribution is 2.16. The lowest BCUT2D eigenvalue weighted by Crippen LogP contribution is -2.24.